The molecule has 21 heavy (non-hydrogen) atoms. The Labute approximate surface area is 132 Å². The highest BCUT2D eigenvalue weighted by molar-refractivity contribution is 4.92. The molecule has 0 aromatic rings. The lowest BCUT2D eigenvalue weighted by Crippen LogP contribution is -2.48. The molecular weight excluding hydrogens is 258 g/mol. The van der Waals surface area contributed by atoms with E-state index in [0.29, 0.717) is 5.41 Å². The minimum atomic E-state index is 0.558. The van der Waals surface area contributed by atoms with Crippen LogP contribution in [0.15, 0.2) is 0 Å². The third kappa shape index (κ3) is 5.22. The fourth-order valence-electron chi connectivity index (χ4n) is 4.39. The first kappa shape index (κ1) is 17.2. The lowest BCUT2D eigenvalue weighted by atomic mass is 9.73. The molecule has 1 unspecified atom stereocenters. The van der Waals surface area contributed by atoms with E-state index < -0.39 is 0 Å². The second-order valence-electron chi connectivity index (χ2n) is 7.77. The number of hydrogen-bond donors (Lipinski definition) is 1. The molecule has 1 saturated carbocycles. The van der Waals surface area contributed by atoms with E-state index in [2.05, 4.69) is 36.1 Å². The van der Waals surface area contributed by atoms with Crippen molar-refractivity contribution in [3.8, 4) is 0 Å². The number of nitrogens with zero attached hydrogens (tertiary/aromatic N) is 2. The molecule has 2 fully saturated rings. The van der Waals surface area contributed by atoms with Gasteiger partial charge in [0.1, 0.15) is 0 Å². The van der Waals surface area contributed by atoms with E-state index in [9.17, 15) is 0 Å². The van der Waals surface area contributed by atoms with Crippen molar-refractivity contribution in [3.63, 3.8) is 0 Å². The Balaban J connectivity index is 1.93. The van der Waals surface area contributed by atoms with Crippen LogP contribution in [0.25, 0.3) is 0 Å². The molecule has 2 aliphatic rings. The van der Waals surface area contributed by atoms with Crippen LogP contribution in [-0.2, 0) is 0 Å². The standard InChI is InChI=1S/C18H37N3/c1-4-12-19-15-18(10-6-5-7-11-18)16-21-13-8-9-17(21)14-20(2)3/h17,19H,4-16H2,1-3H3. The zero-order valence-electron chi connectivity index (χ0n) is 14.7. The number of rotatable bonds is 8. The van der Waals surface area contributed by atoms with Crippen LogP contribution in [0.4, 0.5) is 0 Å². The highest BCUT2D eigenvalue weighted by atomic mass is 15.2. The average molecular weight is 296 g/mol. The van der Waals surface area contributed by atoms with Crippen LogP contribution in [-0.4, -0.2) is 62.7 Å². The topological polar surface area (TPSA) is 18.5 Å². The Morgan fingerprint density at radius 2 is 1.90 bits per heavy atom. The van der Waals surface area contributed by atoms with Gasteiger partial charge in [0.25, 0.3) is 0 Å². The molecule has 1 aliphatic carbocycles. The van der Waals surface area contributed by atoms with Crippen molar-refractivity contribution in [2.75, 3.05) is 46.8 Å². The average Bonchev–Trinajstić information content (AvgIpc) is 2.86. The van der Waals surface area contributed by atoms with Crippen LogP contribution in [0.3, 0.4) is 0 Å². The van der Waals surface area contributed by atoms with Gasteiger partial charge >= 0.3 is 0 Å². The van der Waals surface area contributed by atoms with E-state index in [0.717, 1.165) is 6.04 Å². The Hall–Kier alpha value is -0.120. The molecule has 1 saturated heterocycles. The molecule has 1 N–H and O–H groups in total. The second kappa shape index (κ2) is 8.50. The van der Waals surface area contributed by atoms with Crippen LogP contribution in [0.2, 0.25) is 0 Å². The fourth-order valence-corrected chi connectivity index (χ4v) is 4.39. The maximum Gasteiger partial charge on any atom is 0.0223 e. The summed E-state index contributed by atoms with van der Waals surface area (Å²) >= 11 is 0. The lowest BCUT2D eigenvalue weighted by molar-refractivity contribution is 0.0867. The van der Waals surface area contributed by atoms with Crippen molar-refractivity contribution in [2.45, 2.75) is 64.3 Å². The van der Waals surface area contributed by atoms with Crippen molar-refractivity contribution < 1.29 is 0 Å². The number of nitrogens with one attached hydrogen (secondary N) is 1. The van der Waals surface area contributed by atoms with Gasteiger partial charge in [0, 0.05) is 25.7 Å². The van der Waals surface area contributed by atoms with Crippen LogP contribution in [0, 0.1) is 5.41 Å². The van der Waals surface area contributed by atoms with E-state index in [-0.39, 0.29) is 0 Å². The smallest absolute Gasteiger partial charge is 0.0223 e. The summed E-state index contributed by atoms with van der Waals surface area (Å²) in [6, 6.07) is 0.796. The second-order valence-corrected chi connectivity index (χ2v) is 7.77. The minimum Gasteiger partial charge on any atom is -0.316 e. The summed E-state index contributed by atoms with van der Waals surface area (Å²) < 4.78 is 0. The highest BCUT2D eigenvalue weighted by Gasteiger charge is 2.36. The maximum absolute atomic E-state index is 3.74. The third-order valence-corrected chi connectivity index (χ3v) is 5.45. The van der Waals surface area contributed by atoms with E-state index in [1.165, 1.54) is 84.1 Å². The Morgan fingerprint density at radius 3 is 2.57 bits per heavy atom. The number of likely N-dealkylation sites (N-methyl/N-ethyl adjacent to an activating group) is 1. The molecule has 3 heteroatoms. The molecule has 0 amide bonds. The van der Waals surface area contributed by atoms with Crippen LogP contribution < -0.4 is 5.32 Å². The van der Waals surface area contributed by atoms with Gasteiger partial charge in [-0.05, 0) is 64.7 Å². The summed E-state index contributed by atoms with van der Waals surface area (Å²) in [4.78, 5) is 5.19. The molecule has 1 atom stereocenters. The molecule has 1 aliphatic heterocycles. The Kier molecular flexibility index (Phi) is 6.97. The maximum atomic E-state index is 3.74. The Morgan fingerprint density at radius 1 is 1.14 bits per heavy atom. The summed E-state index contributed by atoms with van der Waals surface area (Å²) in [5, 5.41) is 3.74. The van der Waals surface area contributed by atoms with Crippen molar-refractivity contribution in [1.29, 1.82) is 0 Å². The first-order chi connectivity index (χ1) is 10.2. The van der Waals surface area contributed by atoms with E-state index in [1.54, 1.807) is 0 Å². The van der Waals surface area contributed by atoms with Gasteiger partial charge in [-0.2, -0.15) is 0 Å². The molecule has 0 aromatic carbocycles. The molecule has 0 spiro atoms. The van der Waals surface area contributed by atoms with Gasteiger partial charge in [-0.3, -0.25) is 4.90 Å². The van der Waals surface area contributed by atoms with Gasteiger partial charge < -0.3 is 10.2 Å². The molecular formula is C18H37N3. The largest absolute Gasteiger partial charge is 0.316 e. The van der Waals surface area contributed by atoms with Gasteiger partial charge in [-0.25, -0.2) is 0 Å². The van der Waals surface area contributed by atoms with Gasteiger partial charge in [-0.15, -0.1) is 0 Å². The third-order valence-electron chi connectivity index (χ3n) is 5.45. The Bertz CT molecular complexity index is 284. The molecule has 0 bridgehead atoms. The van der Waals surface area contributed by atoms with Gasteiger partial charge in [0.05, 0.1) is 0 Å². The van der Waals surface area contributed by atoms with E-state index in [1.807, 2.05) is 0 Å². The van der Waals surface area contributed by atoms with Crippen LogP contribution >= 0.6 is 0 Å². The van der Waals surface area contributed by atoms with Crippen molar-refractivity contribution >= 4 is 0 Å². The zero-order valence-corrected chi connectivity index (χ0v) is 14.7. The van der Waals surface area contributed by atoms with Crippen molar-refractivity contribution in [3.05, 3.63) is 0 Å². The van der Waals surface area contributed by atoms with E-state index in [4.69, 9.17) is 0 Å². The summed E-state index contributed by atoms with van der Waals surface area (Å²) in [6.07, 6.45) is 11.3. The summed E-state index contributed by atoms with van der Waals surface area (Å²) in [5.41, 5.74) is 0.558. The van der Waals surface area contributed by atoms with E-state index >= 15 is 0 Å². The summed E-state index contributed by atoms with van der Waals surface area (Å²) in [5.74, 6) is 0. The van der Waals surface area contributed by atoms with Gasteiger partial charge in [0.15, 0.2) is 0 Å². The predicted octanol–water partition coefficient (Wildman–Crippen LogP) is 2.96. The molecule has 0 aromatic heterocycles. The number of likely N-dealkylation sites (tertiary alicyclic amines) is 1. The summed E-state index contributed by atoms with van der Waals surface area (Å²) in [7, 11) is 4.44. The first-order valence-electron chi connectivity index (χ1n) is 9.25. The molecule has 2 rings (SSSR count). The lowest BCUT2D eigenvalue weighted by Gasteiger charge is -2.42. The zero-order chi connectivity index (χ0) is 15.1. The monoisotopic (exact) mass is 295 g/mol. The van der Waals surface area contributed by atoms with Gasteiger partial charge in [-0.1, -0.05) is 26.2 Å². The SMILES string of the molecule is CCCNCC1(CN2CCCC2CN(C)C)CCCCC1. The molecule has 124 valence electrons. The normalized spacial score (nSPS) is 26.6. The van der Waals surface area contributed by atoms with Gasteiger partial charge in [0.2, 0.25) is 0 Å². The molecule has 1 heterocycles. The van der Waals surface area contributed by atoms with Crippen molar-refractivity contribution in [2.24, 2.45) is 5.41 Å². The minimum absolute atomic E-state index is 0.558. The van der Waals surface area contributed by atoms with Crippen LogP contribution in [0.1, 0.15) is 58.3 Å². The molecule has 0 radical (unpaired) electrons. The quantitative estimate of drug-likeness (QED) is 0.695. The fraction of sp³-hybridized carbons (Fsp3) is 1.00. The molecule has 3 nitrogen and oxygen atoms in total. The van der Waals surface area contributed by atoms with Crippen molar-refractivity contribution in [1.82, 2.24) is 15.1 Å². The number of hydrogen-bond acceptors (Lipinski definition) is 3. The van der Waals surface area contributed by atoms with Crippen LogP contribution in [0.5, 0.6) is 0 Å². The predicted molar refractivity (Wildman–Crippen MR) is 91.8 cm³/mol. The summed E-state index contributed by atoms with van der Waals surface area (Å²) in [6.45, 7) is 8.59. The highest BCUT2D eigenvalue weighted by Crippen LogP contribution is 2.38. The first-order valence-corrected chi connectivity index (χ1v) is 9.25.